The molecule has 2 unspecified atom stereocenters. The van der Waals surface area contributed by atoms with Crippen LogP contribution in [0.3, 0.4) is 0 Å². The Morgan fingerprint density at radius 3 is 1.35 bits per heavy atom. The molecule has 9 heteroatoms. The molecule has 0 aromatic heterocycles. The Labute approximate surface area is 294 Å². The first-order chi connectivity index (χ1) is 23.3. The molecule has 0 saturated heterocycles. The van der Waals surface area contributed by atoms with Crippen molar-refractivity contribution in [1.29, 1.82) is 0 Å². The number of ether oxygens (including phenoxy) is 2. The molecule has 0 fully saturated rings. The lowest BCUT2D eigenvalue weighted by Gasteiger charge is -2.19. The van der Waals surface area contributed by atoms with Gasteiger partial charge in [-0.2, -0.15) is 0 Å². The van der Waals surface area contributed by atoms with Gasteiger partial charge in [-0.3, -0.25) is 18.6 Å². The third kappa shape index (κ3) is 34.4. The minimum absolute atomic E-state index is 0.231. The Balaban J connectivity index is 4.07. The van der Waals surface area contributed by atoms with Gasteiger partial charge >= 0.3 is 19.8 Å². The van der Waals surface area contributed by atoms with Crippen molar-refractivity contribution in [3.05, 3.63) is 24.3 Å². The average molecular weight is 701 g/mol. The van der Waals surface area contributed by atoms with Gasteiger partial charge in [0.2, 0.25) is 0 Å². The van der Waals surface area contributed by atoms with Gasteiger partial charge in [-0.1, -0.05) is 134 Å². The van der Waals surface area contributed by atoms with Crippen molar-refractivity contribution in [3.8, 4) is 0 Å². The van der Waals surface area contributed by atoms with E-state index in [1.165, 1.54) is 83.5 Å². The molecule has 48 heavy (non-hydrogen) atoms. The van der Waals surface area contributed by atoms with Gasteiger partial charge in [-0.15, -0.1) is 0 Å². The van der Waals surface area contributed by atoms with Crippen LogP contribution in [-0.2, 0) is 32.7 Å². The molecular formula is C39H73O8P. The summed E-state index contributed by atoms with van der Waals surface area (Å²) in [5.41, 5.74) is 0. The van der Waals surface area contributed by atoms with E-state index >= 15 is 0 Å². The van der Waals surface area contributed by atoms with Crippen LogP contribution in [0.25, 0.3) is 0 Å². The molecule has 0 spiro atoms. The second-order valence-corrected chi connectivity index (χ2v) is 14.6. The van der Waals surface area contributed by atoms with E-state index in [0.29, 0.717) is 6.42 Å². The number of esters is 2. The number of unbranched alkanes of at least 4 members (excludes halogenated alkanes) is 21. The van der Waals surface area contributed by atoms with Crippen LogP contribution >= 0.6 is 7.82 Å². The molecule has 1 N–H and O–H groups in total. The molecule has 0 radical (unpaired) electrons. The van der Waals surface area contributed by atoms with E-state index in [0.717, 1.165) is 77.7 Å². The van der Waals surface area contributed by atoms with Crippen LogP contribution in [0, 0.1) is 0 Å². The molecule has 0 aliphatic carbocycles. The fourth-order valence-corrected chi connectivity index (χ4v) is 5.81. The first-order valence-electron chi connectivity index (χ1n) is 19.5. The molecule has 2 atom stereocenters. The van der Waals surface area contributed by atoms with Crippen LogP contribution in [0.15, 0.2) is 24.3 Å². The molecule has 0 aromatic carbocycles. The molecule has 0 aliphatic rings. The van der Waals surface area contributed by atoms with Gasteiger partial charge in [0.15, 0.2) is 6.10 Å². The summed E-state index contributed by atoms with van der Waals surface area (Å²) >= 11 is 0. The van der Waals surface area contributed by atoms with Crippen molar-refractivity contribution in [2.45, 2.75) is 193 Å². The molecule has 0 aliphatic heterocycles. The zero-order valence-electron chi connectivity index (χ0n) is 31.1. The largest absolute Gasteiger partial charge is 0.472 e. The normalized spacial score (nSPS) is 13.7. The third-order valence-electron chi connectivity index (χ3n) is 8.42. The zero-order chi connectivity index (χ0) is 35.4. The maximum absolute atomic E-state index is 12.5. The lowest BCUT2D eigenvalue weighted by Crippen LogP contribution is -2.29. The van der Waals surface area contributed by atoms with E-state index in [-0.39, 0.29) is 25.4 Å². The Kier molecular flexibility index (Phi) is 34.3. The summed E-state index contributed by atoms with van der Waals surface area (Å²) < 4.78 is 31.9. The van der Waals surface area contributed by atoms with Gasteiger partial charge in [0.25, 0.3) is 0 Å². The van der Waals surface area contributed by atoms with Crippen molar-refractivity contribution >= 4 is 19.8 Å². The lowest BCUT2D eigenvalue weighted by atomic mass is 10.1. The van der Waals surface area contributed by atoms with Gasteiger partial charge in [-0.05, 0) is 64.2 Å². The molecule has 0 bridgehead atoms. The molecule has 0 heterocycles. The first-order valence-corrected chi connectivity index (χ1v) is 21.0. The van der Waals surface area contributed by atoms with Crippen LogP contribution in [0.4, 0.5) is 0 Å². The first kappa shape index (κ1) is 46.5. The molecular weight excluding hydrogens is 627 g/mol. The third-order valence-corrected chi connectivity index (χ3v) is 9.35. The smallest absolute Gasteiger partial charge is 0.462 e. The van der Waals surface area contributed by atoms with Gasteiger partial charge in [0.1, 0.15) is 6.61 Å². The maximum atomic E-state index is 12.5. The van der Waals surface area contributed by atoms with E-state index in [1.54, 1.807) is 0 Å². The van der Waals surface area contributed by atoms with Crippen LogP contribution in [-0.4, -0.2) is 43.3 Å². The Hall–Kier alpha value is -1.47. The number of phosphoric ester groups is 1. The number of rotatable bonds is 36. The number of carbonyl (C=O) groups excluding carboxylic acids is 2. The summed E-state index contributed by atoms with van der Waals surface area (Å²) in [6.45, 7) is 3.85. The van der Waals surface area contributed by atoms with Crippen LogP contribution in [0.2, 0.25) is 0 Å². The van der Waals surface area contributed by atoms with E-state index in [9.17, 15) is 19.0 Å². The topological polar surface area (TPSA) is 108 Å². The summed E-state index contributed by atoms with van der Waals surface area (Å²) in [6, 6.07) is 0. The second kappa shape index (κ2) is 35.4. The van der Waals surface area contributed by atoms with E-state index < -0.39 is 26.5 Å². The maximum Gasteiger partial charge on any atom is 0.472 e. The minimum Gasteiger partial charge on any atom is -0.462 e. The van der Waals surface area contributed by atoms with Crippen molar-refractivity contribution in [2.24, 2.45) is 0 Å². The number of phosphoric acid groups is 1. The highest BCUT2D eigenvalue weighted by molar-refractivity contribution is 7.47. The standard InChI is InChI=1S/C39H73O8P/c1-4-6-8-10-12-14-16-18-20-22-24-26-28-30-32-34-39(41)47-37(36-46-48(42,43)44-3)35-45-38(40)33-31-29-27-25-23-21-19-17-15-13-11-9-7-5-2/h17-20,37H,4-16,21-36H2,1-3H3,(H,42,43)/b19-17-,20-18-. The molecule has 0 aromatic rings. The predicted molar refractivity (Wildman–Crippen MR) is 198 cm³/mol. The number of hydrogen-bond acceptors (Lipinski definition) is 7. The minimum atomic E-state index is -4.26. The quantitative estimate of drug-likeness (QED) is 0.0298. The number of hydrogen-bond donors (Lipinski definition) is 1. The Bertz CT molecular complexity index is 844. The Morgan fingerprint density at radius 1 is 0.562 bits per heavy atom. The monoisotopic (exact) mass is 701 g/mol. The van der Waals surface area contributed by atoms with Crippen LogP contribution < -0.4 is 0 Å². The molecule has 8 nitrogen and oxygen atoms in total. The zero-order valence-corrected chi connectivity index (χ0v) is 32.0. The molecule has 0 amide bonds. The SMILES string of the molecule is CCCCCCC/C=C\CCCCCCCC(=O)OCC(COP(=O)(O)OC)OC(=O)CCCCCCC/C=C\CCCCCCCC. The second-order valence-electron chi connectivity index (χ2n) is 13.1. The fraction of sp³-hybridized carbons (Fsp3) is 0.846. The van der Waals surface area contributed by atoms with Gasteiger partial charge in [0, 0.05) is 20.0 Å². The average Bonchev–Trinajstić information content (AvgIpc) is 3.07. The molecule has 0 rings (SSSR count). The molecule has 282 valence electrons. The van der Waals surface area contributed by atoms with Gasteiger partial charge in [0.05, 0.1) is 6.61 Å². The summed E-state index contributed by atoms with van der Waals surface area (Å²) in [5, 5.41) is 0. The van der Waals surface area contributed by atoms with Crippen molar-refractivity contribution < 1.29 is 37.6 Å². The van der Waals surface area contributed by atoms with Crippen molar-refractivity contribution in [1.82, 2.24) is 0 Å². The number of carbonyl (C=O) groups is 2. The van der Waals surface area contributed by atoms with Gasteiger partial charge < -0.3 is 14.4 Å². The van der Waals surface area contributed by atoms with Crippen molar-refractivity contribution in [3.63, 3.8) is 0 Å². The summed E-state index contributed by atoms with van der Waals surface area (Å²) in [6.07, 6.45) is 37.9. The van der Waals surface area contributed by atoms with E-state index in [4.69, 9.17) is 14.0 Å². The summed E-state index contributed by atoms with van der Waals surface area (Å²) in [4.78, 5) is 34.3. The van der Waals surface area contributed by atoms with Crippen molar-refractivity contribution in [2.75, 3.05) is 20.3 Å². The van der Waals surface area contributed by atoms with Crippen LogP contribution in [0.5, 0.6) is 0 Å². The Morgan fingerprint density at radius 2 is 0.938 bits per heavy atom. The van der Waals surface area contributed by atoms with Gasteiger partial charge in [-0.25, -0.2) is 4.57 Å². The molecule has 0 saturated carbocycles. The van der Waals surface area contributed by atoms with E-state index in [1.807, 2.05) is 0 Å². The summed E-state index contributed by atoms with van der Waals surface area (Å²) in [5.74, 6) is -0.821. The highest BCUT2D eigenvalue weighted by Crippen LogP contribution is 2.42. The predicted octanol–water partition coefficient (Wildman–Crippen LogP) is 11.9. The van der Waals surface area contributed by atoms with Crippen LogP contribution in [0.1, 0.15) is 187 Å². The van der Waals surface area contributed by atoms with E-state index in [2.05, 4.69) is 42.7 Å². The fourth-order valence-electron chi connectivity index (χ4n) is 5.35. The highest BCUT2D eigenvalue weighted by atomic mass is 31.2. The lowest BCUT2D eigenvalue weighted by molar-refractivity contribution is -0.161. The summed E-state index contributed by atoms with van der Waals surface area (Å²) in [7, 11) is -3.20. The highest BCUT2D eigenvalue weighted by Gasteiger charge is 2.24. The number of allylic oxidation sites excluding steroid dienone is 4.